The predicted octanol–water partition coefficient (Wildman–Crippen LogP) is 3.65. The van der Waals surface area contributed by atoms with E-state index in [0.29, 0.717) is 0 Å². The number of nitro groups is 1. The minimum absolute atomic E-state index is 0.0853. The SMILES string of the molecule is O=[N+]([O-])c1cc(OC(F)(F)F)c(F)c(C(F)(F)F)c1. The molecule has 0 atom stereocenters. The van der Waals surface area contributed by atoms with Crippen molar-refractivity contribution in [1.82, 2.24) is 0 Å². The van der Waals surface area contributed by atoms with Crippen LogP contribution in [0.4, 0.5) is 36.4 Å². The smallest absolute Gasteiger partial charge is 0.402 e. The fourth-order valence-electron chi connectivity index (χ4n) is 1.09. The highest BCUT2D eigenvalue weighted by Crippen LogP contribution is 2.39. The molecule has 0 saturated carbocycles. The summed E-state index contributed by atoms with van der Waals surface area (Å²) in [5, 5.41) is 10.3. The first kappa shape index (κ1) is 15.0. The fourth-order valence-corrected chi connectivity index (χ4v) is 1.09. The van der Waals surface area contributed by atoms with Crippen LogP contribution in [0.1, 0.15) is 5.56 Å². The normalized spacial score (nSPS) is 12.4. The quantitative estimate of drug-likeness (QED) is 0.475. The molecule has 0 heterocycles. The molecule has 0 aliphatic heterocycles. The monoisotopic (exact) mass is 293 g/mol. The Morgan fingerprint density at radius 2 is 1.63 bits per heavy atom. The highest BCUT2D eigenvalue weighted by molar-refractivity contribution is 5.45. The summed E-state index contributed by atoms with van der Waals surface area (Å²) in [7, 11) is 0. The number of ether oxygens (including phenoxy) is 1. The Morgan fingerprint density at radius 3 is 2.00 bits per heavy atom. The molecule has 0 bridgehead atoms. The van der Waals surface area contributed by atoms with Crippen molar-refractivity contribution < 1.29 is 40.4 Å². The number of hydrogen-bond acceptors (Lipinski definition) is 3. The lowest BCUT2D eigenvalue weighted by Crippen LogP contribution is -2.19. The molecule has 0 spiro atoms. The molecule has 1 aromatic carbocycles. The lowest BCUT2D eigenvalue weighted by atomic mass is 10.1. The van der Waals surface area contributed by atoms with Gasteiger partial charge in [0.2, 0.25) is 0 Å². The number of hydrogen-bond donors (Lipinski definition) is 0. The van der Waals surface area contributed by atoms with Gasteiger partial charge in [0.05, 0.1) is 11.0 Å². The van der Waals surface area contributed by atoms with Gasteiger partial charge >= 0.3 is 12.5 Å². The molecule has 0 radical (unpaired) electrons. The molecular formula is C8H2F7NO3. The molecule has 0 amide bonds. The first-order valence-corrected chi connectivity index (χ1v) is 4.22. The summed E-state index contributed by atoms with van der Waals surface area (Å²) in [6, 6.07) is -0.309. The van der Waals surface area contributed by atoms with Gasteiger partial charge in [-0.25, -0.2) is 4.39 Å². The molecule has 4 nitrogen and oxygen atoms in total. The van der Waals surface area contributed by atoms with Gasteiger partial charge in [0.25, 0.3) is 5.69 Å². The molecule has 0 aromatic heterocycles. The molecule has 11 heteroatoms. The average Bonchev–Trinajstić information content (AvgIpc) is 2.16. The van der Waals surface area contributed by atoms with Crippen LogP contribution in [0.3, 0.4) is 0 Å². The van der Waals surface area contributed by atoms with Crippen molar-refractivity contribution in [3.8, 4) is 5.75 Å². The van der Waals surface area contributed by atoms with Gasteiger partial charge in [0.1, 0.15) is 5.56 Å². The Balaban J connectivity index is 3.46. The highest BCUT2D eigenvalue weighted by atomic mass is 19.4. The molecular weight excluding hydrogens is 291 g/mol. The van der Waals surface area contributed by atoms with Gasteiger partial charge < -0.3 is 4.74 Å². The maximum absolute atomic E-state index is 13.2. The molecule has 0 N–H and O–H groups in total. The summed E-state index contributed by atoms with van der Waals surface area (Å²) in [6.45, 7) is 0. The van der Waals surface area contributed by atoms with Crippen LogP contribution in [0.25, 0.3) is 0 Å². The van der Waals surface area contributed by atoms with Crippen LogP contribution >= 0.6 is 0 Å². The average molecular weight is 293 g/mol. The van der Waals surface area contributed by atoms with E-state index in [1.807, 2.05) is 0 Å². The fraction of sp³-hybridized carbons (Fsp3) is 0.250. The van der Waals surface area contributed by atoms with Crippen molar-refractivity contribution in [1.29, 1.82) is 0 Å². The van der Waals surface area contributed by atoms with Gasteiger partial charge in [-0.1, -0.05) is 0 Å². The molecule has 0 fully saturated rings. The van der Waals surface area contributed by atoms with Crippen LogP contribution in [0.2, 0.25) is 0 Å². The zero-order valence-corrected chi connectivity index (χ0v) is 8.47. The minimum atomic E-state index is -5.49. The molecule has 0 aliphatic carbocycles. The third-order valence-electron chi connectivity index (χ3n) is 1.77. The Kier molecular flexibility index (Phi) is 3.59. The molecule has 0 aliphatic rings. The Bertz CT molecular complexity index is 508. The molecule has 0 saturated heterocycles. The van der Waals surface area contributed by atoms with E-state index in [0.717, 1.165) is 0 Å². The Labute approximate surface area is 99.1 Å². The molecule has 19 heavy (non-hydrogen) atoms. The van der Waals surface area contributed by atoms with Crippen molar-refractivity contribution in [2.45, 2.75) is 12.5 Å². The largest absolute Gasteiger partial charge is 0.573 e. The zero-order valence-electron chi connectivity index (χ0n) is 8.47. The number of benzene rings is 1. The zero-order chi connectivity index (χ0) is 15.0. The van der Waals surface area contributed by atoms with Gasteiger partial charge in [-0.05, 0) is 0 Å². The maximum atomic E-state index is 13.2. The molecule has 106 valence electrons. The van der Waals surface area contributed by atoms with Crippen LogP contribution in [-0.2, 0) is 6.18 Å². The van der Waals surface area contributed by atoms with Crippen molar-refractivity contribution >= 4 is 5.69 Å². The maximum Gasteiger partial charge on any atom is 0.573 e. The molecule has 1 rings (SSSR count). The number of non-ortho nitro benzene ring substituents is 1. The van der Waals surface area contributed by atoms with Gasteiger partial charge in [0.15, 0.2) is 11.6 Å². The molecule has 0 unspecified atom stereocenters. The molecule has 1 aromatic rings. The number of halogens is 7. The number of rotatable bonds is 2. The van der Waals surface area contributed by atoms with Crippen LogP contribution in [0, 0.1) is 15.9 Å². The van der Waals surface area contributed by atoms with E-state index >= 15 is 0 Å². The van der Waals surface area contributed by atoms with Gasteiger partial charge in [-0.2, -0.15) is 13.2 Å². The second-order valence-electron chi connectivity index (χ2n) is 3.11. The van der Waals surface area contributed by atoms with E-state index in [4.69, 9.17) is 0 Å². The predicted molar refractivity (Wildman–Crippen MR) is 44.7 cm³/mol. The van der Waals surface area contributed by atoms with E-state index in [9.17, 15) is 40.8 Å². The van der Waals surface area contributed by atoms with Crippen molar-refractivity contribution in [2.75, 3.05) is 0 Å². The second kappa shape index (κ2) is 4.55. The lowest BCUT2D eigenvalue weighted by Gasteiger charge is -2.13. The van der Waals surface area contributed by atoms with Gasteiger partial charge in [-0.15, -0.1) is 13.2 Å². The lowest BCUT2D eigenvalue weighted by molar-refractivity contribution is -0.385. The van der Waals surface area contributed by atoms with E-state index in [2.05, 4.69) is 4.74 Å². The van der Waals surface area contributed by atoms with E-state index in [-0.39, 0.29) is 12.1 Å². The summed E-state index contributed by atoms with van der Waals surface area (Å²) >= 11 is 0. The van der Waals surface area contributed by atoms with Crippen LogP contribution in [0.5, 0.6) is 5.75 Å². The Morgan fingerprint density at radius 1 is 1.11 bits per heavy atom. The first-order chi connectivity index (χ1) is 8.42. The van der Waals surface area contributed by atoms with Crippen molar-refractivity contribution in [3.63, 3.8) is 0 Å². The van der Waals surface area contributed by atoms with Crippen LogP contribution in [-0.4, -0.2) is 11.3 Å². The number of alkyl halides is 6. The third-order valence-corrected chi connectivity index (χ3v) is 1.77. The van der Waals surface area contributed by atoms with Crippen molar-refractivity contribution in [2.24, 2.45) is 0 Å². The summed E-state index contributed by atoms with van der Waals surface area (Å²) in [5.41, 5.74) is -3.60. The van der Waals surface area contributed by atoms with E-state index < -0.39 is 40.3 Å². The summed E-state index contributed by atoms with van der Waals surface area (Å²) in [4.78, 5) is 8.88. The first-order valence-electron chi connectivity index (χ1n) is 4.22. The Hall–Kier alpha value is -2.07. The minimum Gasteiger partial charge on any atom is -0.402 e. The highest BCUT2D eigenvalue weighted by Gasteiger charge is 2.40. The topological polar surface area (TPSA) is 52.4 Å². The van der Waals surface area contributed by atoms with Crippen LogP contribution < -0.4 is 4.74 Å². The van der Waals surface area contributed by atoms with E-state index in [1.54, 1.807) is 0 Å². The van der Waals surface area contributed by atoms with E-state index in [1.165, 1.54) is 0 Å². The van der Waals surface area contributed by atoms with Gasteiger partial charge in [0, 0.05) is 6.07 Å². The van der Waals surface area contributed by atoms with Crippen molar-refractivity contribution in [3.05, 3.63) is 33.6 Å². The van der Waals surface area contributed by atoms with Gasteiger partial charge in [-0.3, -0.25) is 10.1 Å². The summed E-state index contributed by atoms with van der Waals surface area (Å²) < 4.78 is 88.6. The third kappa shape index (κ3) is 3.69. The summed E-state index contributed by atoms with van der Waals surface area (Å²) in [6.07, 6.45) is -10.9. The second-order valence-corrected chi connectivity index (χ2v) is 3.11. The standard InChI is InChI=1S/C8H2F7NO3/c9-6-4(7(10,11)12)1-3(16(17)18)2-5(6)19-8(13,14)15/h1-2H. The summed E-state index contributed by atoms with van der Waals surface area (Å²) in [5.74, 6) is -4.30. The number of nitro benzene ring substituents is 1. The number of nitrogens with zero attached hydrogens (tertiary/aromatic N) is 1. The van der Waals surface area contributed by atoms with Crippen LogP contribution in [0.15, 0.2) is 12.1 Å².